The number of nitrogens with one attached hydrogen (secondary N) is 1. The van der Waals surface area contributed by atoms with Crippen LogP contribution in [-0.4, -0.2) is 16.6 Å². The van der Waals surface area contributed by atoms with Crippen LogP contribution in [0.2, 0.25) is 0 Å². The predicted molar refractivity (Wildman–Crippen MR) is 77.1 cm³/mol. The second-order valence-corrected chi connectivity index (χ2v) is 4.63. The van der Waals surface area contributed by atoms with Crippen molar-refractivity contribution >= 4 is 0 Å². The highest BCUT2D eigenvalue weighted by molar-refractivity contribution is 5.27. The van der Waals surface area contributed by atoms with E-state index >= 15 is 0 Å². The van der Waals surface area contributed by atoms with Gasteiger partial charge in [0.1, 0.15) is 5.75 Å². The van der Waals surface area contributed by atoms with Gasteiger partial charge in [-0.2, -0.15) is 0 Å². The minimum Gasteiger partial charge on any atom is -0.508 e. The number of phenols is 1. The van der Waals surface area contributed by atoms with E-state index < -0.39 is 0 Å². The first kappa shape index (κ1) is 13.6. The first-order chi connectivity index (χ1) is 9.29. The minimum absolute atomic E-state index is 0.214. The molecule has 0 aliphatic heterocycles. The maximum absolute atomic E-state index is 9.32. The van der Waals surface area contributed by atoms with Crippen molar-refractivity contribution in [2.75, 3.05) is 6.54 Å². The van der Waals surface area contributed by atoms with Crippen LogP contribution >= 0.6 is 0 Å². The van der Waals surface area contributed by atoms with Gasteiger partial charge in [-0.25, -0.2) is 0 Å². The smallest absolute Gasteiger partial charge is 0.115 e. The van der Waals surface area contributed by atoms with Gasteiger partial charge in [0, 0.05) is 6.20 Å². The van der Waals surface area contributed by atoms with Crippen LogP contribution in [0.25, 0.3) is 0 Å². The standard InChI is InChI=1S/C16H20N2O/c1-2-10-17-16(15-5-3-4-11-18-15)12-13-6-8-14(19)9-7-13/h3-9,11,16-17,19H,2,10,12H2,1H3. The van der Waals surface area contributed by atoms with E-state index in [-0.39, 0.29) is 6.04 Å². The number of rotatable bonds is 6. The largest absolute Gasteiger partial charge is 0.508 e. The lowest BCUT2D eigenvalue weighted by Gasteiger charge is -2.18. The molecule has 0 saturated heterocycles. The van der Waals surface area contributed by atoms with E-state index in [9.17, 15) is 5.11 Å². The SMILES string of the molecule is CCCNC(Cc1ccc(O)cc1)c1ccccn1. The highest BCUT2D eigenvalue weighted by Gasteiger charge is 2.12. The van der Waals surface area contributed by atoms with E-state index in [1.54, 1.807) is 12.1 Å². The van der Waals surface area contributed by atoms with Gasteiger partial charge in [0.2, 0.25) is 0 Å². The van der Waals surface area contributed by atoms with Crippen molar-refractivity contribution in [1.82, 2.24) is 10.3 Å². The number of aromatic nitrogens is 1. The zero-order valence-corrected chi connectivity index (χ0v) is 11.2. The second-order valence-electron chi connectivity index (χ2n) is 4.63. The molecule has 0 fully saturated rings. The van der Waals surface area contributed by atoms with E-state index in [0.29, 0.717) is 5.75 Å². The molecular formula is C16H20N2O. The van der Waals surface area contributed by atoms with Crippen LogP contribution in [0.3, 0.4) is 0 Å². The van der Waals surface area contributed by atoms with Crippen LogP contribution in [0.15, 0.2) is 48.7 Å². The monoisotopic (exact) mass is 256 g/mol. The van der Waals surface area contributed by atoms with Crippen LogP contribution in [0.4, 0.5) is 0 Å². The molecule has 0 radical (unpaired) electrons. The van der Waals surface area contributed by atoms with Crippen molar-refractivity contribution in [3.05, 3.63) is 59.9 Å². The first-order valence-corrected chi connectivity index (χ1v) is 6.72. The zero-order valence-electron chi connectivity index (χ0n) is 11.2. The number of aromatic hydroxyl groups is 1. The fourth-order valence-electron chi connectivity index (χ4n) is 2.05. The molecule has 3 nitrogen and oxygen atoms in total. The third kappa shape index (κ3) is 4.07. The highest BCUT2D eigenvalue weighted by atomic mass is 16.3. The van der Waals surface area contributed by atoms with Crippen LogP contribution in [0, 0.1) is 0 Å². The summed E-state index contributed by atoms with van der Waals surface area (Å²) in [7, 11) is 0. The summed E-state index contributed by atoms with van der Waals surface area (Å²) in [6, 6.07) is 13.6. The van der Waals surface area contributed by atoms with Gasteiger partial charge in [-0.3, -0.25) is 4.98 Å². The lowest BCUT2D eigenvalue weighted by atomic mass is 10.0. The zero-order chi connectivity index (χ0) is 13.5. The molecule has 1 heterocycles. The molecule has 0 amide bonds. The molecule has 1 aromatic heterocycles. The van der Waals surface area contributed by atoms with Gasteiger partial charge in [-0.15, -0.1) is 0 Å². The molecule has 19 heavy (non-hydrogen) atoms. The Balaban J connectivity index is 2.11. The summed E-state index contributed by atoms with van der Waals surface area (Å²) < 4.78 is 0. The Morgan fingerprint density at radius 3 is 2.58 bits per heavy atom. The van der Waals surface area contributed by atoms with Crippen molar-refractivity contribution in [3.63, 3.8) is 0 Å². The summed E-state index contributed by atoms with van der Waals surface area (Å²) in [5.74, 6) is 0.305. The maximum atomic E-state index is 9.32. The Bertz CT molecular complexity index is 482. The van der Waals surface area contributed by atoms with E-state index in [2.05, 4.69) is 17.2 Å². The maximum Gasteiger partial charge on any atom is 0.115 e. The molecule has 100 valence electrons. The molecule has 0 spiro atoms. The van der Waals surface area contributed by atoms with Gasteiger partial charge in [-0.05, 0) is 49.2 Å². The van der Waals surface area contributed by atoms with Crippen molar-refractivity contribution in [3.8, 4) is 5.75 Å². The second kappa shape index (κ2) is 6.90. The Labute approximate surface area is 114 Å². The van der Waals surface area contributed by atoms with Crippen LogP contribution in [-0.2, 0) is 6.42 Å². The van der Waals surface area contributed by atoms with Crippen molar-refractivity contribution < 1.29 is 5.11 Å². The number of hydrogen-bond acceptors (Lipinski definition) is 3. The van der Waals surface area contributed by atoms with Gasteiger partial charge in [0.25, 0.3) is 0 Å². The normalized spacial score (nSPS) is 12.3. The van der Waals surface area contributed by atoms with Crippen LogP contribution in [0.5, 0.6) is 5.75 Å². The number of pyridine rings is 1. The summed E-state index contributed by atoms with van der Waals surface area (Å²) >= 11 is 0. The Kier molecular flexibility index (Phi) is 4.93. The molecule has 3 heteroatoms. The summed E-state index contributed by atoms with van der Waals surface area (Å²) in [6.07, 6.45) is 3.79. The Morgan fingerprint density at radius 1 is 1.16 bits per heavy atom. The molecule has 0 aliphatic rings. The first-order valence-electron chi connectivity index (χ1n) is 6.72. The number of nitrogens with zero attached hydrogens (tertiary/aromatic N) is 1. The molecule has 1 aromatic carbocycles. The van der Waals surface area contributed by atoms with E-state index in [1.165, 1.54) is 5.56 Å². The molecule has 0 saturated carbocycles. The third-order valence-electron chi connectivity index (χ3n) is 3.06. The molecule has 1 atom stereocenters. The molecular weight excluding hydrogens is 236 g/mol. The molecule has 1 unspecified atom stereocenters. The lowest BCUT2D eigenvalue weighted by molar-refractivity contribution is 0.474. The summed E-state index contributed by atoms with van der Waals surface area (Å²) in [5.41, 5.74) is 2.25. The molecule has 0 aliphatic carbocycles. The van der Waals surface area contributed by atoms with Crippen LogP contribution in [0.1, 0.15) is 30.6 Å². The number of benzene rings is 1. The fraction of sp³-hybridized carbons (Fsp3) is 0.312. The summed E-state index contributed by atoms with van der Waals surface area (Å²) in [4.78, 5) is 4.43. The van der Waals surface area contributed by atoms with E-state index in [4.69, 9.17) is 0 Å². The van der Waals surface area contributed by atoms with Gasteiger partial charge < -0.3 is 10.4 Å². The predicted octanol–water partition coefficient (Wildman–Crippen LogP) is 3.07. The lowest BCUT2D eigenvalue weighted by Crippen LogP contribution is -2.24. The Hall–Kier alpha value is -1.87. The highest BCUT2D eigenvalue weighted by Crippen LogP contribution is 2.18. The van der Waals surface area contributed by atoms with Gasteiger partial charge in [-0.1, -0.05) is 25.1 Å². The average molecular weight is 256 g/mol. The van der Waals surface area contributed by atoms with Crippen molar-refractivity contribution in [1.29, 1.82) is 0 Å². The summed E-state index contributed by atoms with van der Waals surface area (Å²) in [5, 5.41) is 12.8. The van der Waals surface area contributed by atoms with Gasteiger partial charge >= 0.3 is 0 Å². The van der Waals surface area contributed by atoms with Crippen molar-refractivity contribution in [2.24, 2.45) is 0 Å². The molecule has 2 N–H and O–H groups in total. The fourth-order valence-corrected chi connectivity index (χ4v) is 2.05. The number of hydrogen-bond donors (Lipinski definition) is 2. The molecule has 2 aromatic rings. The van der Waals surface area contributed by atoms with E-state index in [1.807, 2.05) is 36.5 Å². The molecule has 0 bridgehead atoms. The average Bonchev–Trinajstić information content (AvgIpc) is 2.46. The summed E-state index contributed by atoms with van der Waals surface area (Å²) in [6.45, 7) is 3.13. The Morgan fingerprint density at radius 2 is 1.95 bits per heavy atom. The van der Waals surface area contributed by atoms with Crippen molar-refractivity contribution in [2.45, 2.75) is 25.8 Å². The minimum atomic E-state index is 0.214. The van der Waals surface area contributed by atoms with Gasteiger partial charge in [0.15, 0.2) is 0 Å². The van der Waals surface area contributed by atoms with Crippen LogP contribution < -0.4 is 5.32 Å². The molecule has 2 rings (SSSR count). The quantitative estimate of drug-likeness (QED) is 0.835. The third-order valence-corrected chi connectivity index (χ3v) is 3.06. The van der Waals surface area contributed by atoms with Gasteiger partial charge in [0.05, 0.1) is 11.7 Å². The van der Waals surface area contributed by atoms with E-state index in [0.717, 1.165) is 25.1 Å². The topological polar surface area (TPSA) is 45.1 Å². The number of phenolic OH excluding ortho intramolecular Hbond substituents is 1.